The van der Waals surface area contributed by atoms with Gasteiger partial charge >= 0.3 is 34.0 Å². The number of oxime groups is 1. The van der Waals surface area contributed by atoms with Gasteiger partial charge in [-0.2, -0.15) is 8.42 Å². The van der Waals surface area contributed by atoms with Crippen molar-refractivity contribution in [2.24, 2.45) is 5.16 Å². The molecule has 0 aromatic carbocycles. The topological polar surface area (TPSA) is 345 Å². The molecular formula is C32H42N10O15S2. The number of aromatic amines is 1. The molecule has 3 aromatic heterocycles. The SMILES string of the molecule is CC(C)(C)OC(=O)Nc1nc(C(=NOC(C)(C)C(=O)OC(C)(C)C)C(=O)N[C@H]2CN(C(=O)NS(=O)(=O)n3nc(-c4cc(=O)c(O)c[nH]4)n(C[C@@H](O)CO)c3=O)C2=O)cs1. The summed E-state index contributed by atoms with van der Waals surface area (Å²) in [5.41, 5.74) is -7.06. The molecule has 4 rings (SSSR count). The lowest BCUT2D eigenvalue weighted by Gasteiger charge is -2.36. The second-order valence-corrected chi connectivity index (χ2v) is 17.4. The molecule has 25 nitrogen and oxygen atoms in total. The van der Waals surface area contributed by atoms with Gasteiger partial charge in [-0.3, -0.25) is 29.2 Å². The molecule has 27 heteroatoms. The highest BCUT2D eigenvalue weighted by molar-refractivity contribution is 7.88. The number of rotatable bonds is 13. The molecule has 1 saturated heterocycles. The number of carbonyl (C=O) groups excluding carboxylic acids is 5. The molecule has 7 N–H and O–H groups in total. The summed E-state index contributed by atoms with van der Waals surface area (Å²) < 4.78 is 38.9. The number of ether oxygens (including phenoxy) is 2. The van der Waals surface area contributed by atoms with E-state index in [0.29, 0.717) is 9.47 Å². The van der Waals surface area contributed by atoms with Gasteiger partial charge in [0.25, 0.3) is 11.8 Å². The van der Waals surface area contributed by atoms with Crippen LogP contribution >= 0.6 is 11.3 Å². The number of aliphatic hydroxyl groups is 2. The number of β-lactam (4-membered cyclic amide) rings is 1. The second kappa shape index (κ2) is 17.0. The van der Waals surface area contributed by atoms with Crippen LogP contribution in [0.15, 0.2) is 32.4 Å². The molecule has 5 amide bonds. The van der Waals surface area contributed by atoms with Crippen LogP contribution in [0, 0.1) is 0 Å². The molecule has 0 spiro atoms. The van der Waals surface area contributed by atoms with Crippen LogP contribution in [0.25, 0.3) is 11.5 Å². The highest BCUT2D eigenvalue weighted by Crippen LogP contribution is 2.22. The van der Waals surface area contributed by atoms with E-state index in [2.05, 4.69) is 30.9 Å². The van der Waals surface area contributed by atoms with Crippen LogP contribution in [0.2, 0.25) is 0 Å². The highest BCUT2D eigenvalue weighted by atomic mass is 32.2. The fourth-order valence-corrected chi connectivity index (χ4v) is 6.13. The summed E-state index contributed by atoms with van der Waals surface area (Å²) >= 11 is 0.855. The lowest BCUT2D eigenvalue weighted by atomic mass is 10.1. The maximum Gasteiger partial charge on any atom is 0.413 e. The number of amides is 5. The van der Waals surface area contributed by atoms with Crippen LogP contribution in [-0.4, -0.2) is 130 Å². The molecule has 3 aromatic rings. The average Bonchev–Trinajstić information content (AvgIpc) is 3.69. The minimum Gasteiger partial charge on any atom is -0.503 e. The van der Waals surface area contributed by atoms with E-state index >= 15 is 0 Å². The maximum absolute atomic E-state index is 13.6. The molecule has 4 heterocycles. The predicted octanol–water partition coefficient (Wildman–Crippen LogP) is -1.07. The van der Waals surface area contributed by atoms with Gasteiger partial charge in [0.2, 0.25) is 11.0 Å². The zero-order valence-electron chi connectivity index (χ0n) is 32.7. The van der Waals surface area contributed by atoms with Gasteiger partial charge in [0.15, 0.2) is 22.4 Å². The van der Waals surface area contributed by atoms with Crippen molar-refractivity contribution in [2.75, 3.05) is 18.5 Å². The van der Waals surface area contributed by atoms with E-state index in [1.165, 1.54) is 23.9 Å². The number of hydrogen-bond donors (Lipinski definition) is 7. The van der Waals surface area contributed by atoms with Gasteiger partial charge in [-0.25, -0.2) is 28.9 Å². The van der Waals surface area contributed by atoms with Crippen molar-refractivity contribution in [1.82, 2.24) is 38.7 Å². The first-order chi connectivity index (χ1) is 27.1. The first-order valence-corrected chi connectivity index (χ1v) is 19.5. The predicted molar refractivity (Wildman–Crippen MR) is 203 cm³/mol. The van der Waals surface area contributed by atoms with E-state index in [0.717, 1.165) is 23.6 Å². The second-order valence-electron chi connectivity index (χ2n) is 15.1. The van der Waals surface area contributed by atoms with Gasteiger partial charge in [0.05, 0.1) is 31.5 Å². The molecule has 1 fully saturated rings. The number of H-pyrrole nitrogens is 1. The third kappa shape index (κ3) is 11.3. The highest BCUT2D eigenvalue weighted by Gasteiger charge is 2.44. The van der Waals surface area contributed by atoms with Crippen molar-refractivity contribution in [2.45, 2.75) is 90.9 Å². The summed E-state index contributed by atoms with van der Waals surface area (Å²) in [6, 6.07) is -2.27. The lowest BCUT2D eigenvalue weighted by Crippen LogP contribution is -2.68. The Morgan fingerprint density at radius 3 is 2.29 bits per heavy atom. The fourth-order valence-electron chi connectivity index (χ4n) is 4.54. The summed E-state index contributed by atoms with van der Waals surface area (Å²) in [5, 5.41) is 42.3. The fraction of sp³-hybridized carbons (Fsp3) is 0.500. The molecule has 1 aliphatic heterocycles. The number of anilines is 1. The zero-order valence-corrected chi connectivity index (χ0v) is 34.4. The van der Waals surface area contributed by atoms with Crippen LogP contribution < -0.4 is 26.5 Å². The molecule has 0 aliphatic carbocycles. The molecule has 0 bridgehead atoms. The van der Waals surface area contributed by atoms with Crippen molar-refractivity contribution >= 4 is 62.3 Å². The van der Waals surface area contributed by atoms with Gasteiger partial charge in [-0.15, -0.1) is 16.4 Å². The van der Waals surface area contributed by atoms with Crippen LogP contribution in [0.5, 0.6) is 5.75 Å². The number of likely N-dealkylation sites (tertiary alicyclic amines) is 1. The summed E-state index contributed by atoms with van der Waals surface area (Å²) in [6.07, 6.45) is -1.66. The van der Waals surface area contributed by atoms with E-state index in [1.54, 1.807) is 41.5 Å². The number of imide groups is 1. The van der Waals surface area contributed by atoms with Gasteiger partial charge in [-0.05, 0) is 55.4 Å². The molecule has 59 heavy (non-hydrogen) atoms. The van der Waals surface area contributed by atoms with Crippen molar-refractivity contribution in [1.29, 1.82) is 0 Å². The van der Waals surface area contributed by atoms with Crippen LogP contribution in [0.4, 0.5) is 14.7 Å². The van der Waals surface area contributed by atoms with E-state index in [-0.39, 0.29) is 20.6 Å². The summed E-state index contributed by atoms with van der Waals surface area (Å²) in [6.45, 7) is 10.1. The third-order valence-corrected chi connectivity index (χ3v) is 9.21. The number of aromatic nitrogens is 5. The number of urea groups is 1. The monoisotopic (exact) mass is 870 g/mol. The van der Waals surface area contributed by atoms with Gasteiger partial charge in [0.1, 0.15) is 22.9 Å². The minimum absolute atomic E-state index is 0.0399. The molecule has 1 aliphatic rings. The van der Waals surface area contributed by atoms with Crippen molar-refractivity contribution < 1.29 is 62.0 Å². The quantitative estimate of drug-likeness (QED) is 0.0465. The van der Waals surface area contributed by atoms with E-state index in [1.807, 2.05) is 0 Å². The van der Waals surface area contributed by atoms with Gasteiger partial charge in [-0.1, -0.05) is 9.24 Å². The first-order valence-electron chi connectivity index (χ1n) is 17.2. The van der Waals surface area contributed by atoms with Crippen molar-refractivity contribution in [3.05, 3.63) is 44.0 Å². The zero-order chi connectivity index (χ0) is 44.4. The van der Waals surface area contributed by atoms with E-state index in [9.17, 15) is 57.3 Å². The Hall–Kier alpha value is -6.19. The van der Waals surface area contributed by atoms with Crippen LogP contribution in [0.1, 0.15) is 61.1 Å². The smallest absolute Gasteiger partial charge is 0.413 e. The number of nitrogens with one attached hydrogen (secondary N) is 4. The number of thiazole rings is 1. The Morgan fingerprint density at radius 2 is 1.71 bits per heavy atom. The Kier molecular flexibility index (Phi) is 13.1. The Labute approximate surface area is 338 Å². The lowest BCUT2D eigenvalue weighted by molar-refractivity contribution is -0.179. The largest absolute Gasteiger partial charge is 0.503 e. The number of esters is 1. The molecule has 0 unspecified atom stereocenters. The van der Waals surface area contributed by atoms with Crippen molar-refractivity contribution in [3.8, 4) is 17.3 Å². The van der Waals surface area contributed by atoms with Crippen molar-refractivity contribution in [3.63, 3.8) is 0 Å². The number of carbonyl (C=O) groups is 5. The van der Waals surface area contributed by atoms with Crippen LogP contribution in [-0.2, 0) is 45.4 Å². The van der Waals surface area contributed by atoms with E-state index in [4.69, 9.17) is 14.3 Å². The van der Waals surface area contributed by atoms with Crippen LogP contribution in [0.3, 0.4) is 0 Å². The third-order valence-electron chi connectivity index (χ3n) is 7.32. The Balaban J connectivity index is 1.54. The normalized spacial score (nSPS) is 15.5. The molecule has 0 saturated carbocycles. The van der Waals surface area contributed by atoms with Gasteiger partial charge < -0.3 is 39.9 Å². The Bertz CT molecular complexity index is 2400. The number of hydrogen-bond acceptors (Lipinski definition) is 19. The summed E-state index contributed by atoms with van der Waals surface area (Å²) in [5.74, 6) is -4.39. The molecule has 0 radical (unpaired) electrons. The van der Waals surface area contributed by atoms with E-state index < -0.39 is 117 Å². The molecule has 322 valence electrons. The summed E-state index contributed by atoms with van der Waals surface area (Å²) in [4.78, 5) is 102. The van der Waals surface area contributed by atoms with Gasteiger partial charge in [0, 0.05) is 17.6 Å². The molecule has 2 atom stereocenters. The standard InChI is InChI=1S/C32H42N10O15S2/c1-30(2,3)55-25(49)32(7,8)57-38-21(18-14-58-26(35-18)36-28(51)56-31(4,5)6)23(47)34-17-12-41(24(17)48)27(50)39-59(53,54)42-29(52)40(11-15(44)13-43)22(37-42)16-9-19(45)20(46)10-33-16/h9-10,14-15,17,43-44,46H,11-13H2,1-8H3,(H,33,45)(H,34,47)(H,39,50)(H,35,36,51)/t15-,17+/m1/s1. The average molecular weight is 871 g/mol. The summed E-state index contributed by atoms with van der Waals surface area (Å²) in [7, 11) is -5.27. The number of aromatic hydroxyl groups is 1. The number of nitrogens with zero attached hydrogens (tertiary/aromatic N) is 6. The maximum atomic E-state index is 13.6. The number of pyridine rings is 1. The molecular weight excluding hydrogens is 829 g/mol. The number of aliphatic hydroxyl groups excluding tert-OH is 2. The first kappa shape index (κ1) is 45.5. The Morgan fingerprint density at radius 1 is 1.07 bits per heavy atom. The minimum atomic E-state index is -5.27.